The molecule has 2 aromatic rings. The minimum absolute atomic E-state index is 0.237. The fourth-order valence-electron chi connectivity index (χ4n) is 2.38. The molecule has 3 nitrogen and oxygen atoms in total. The molecule has 2 N–H and O–H groups in total. The van der Waals surface area contributed by atoms with Gasteiger partial charge in [0, 0.05) is 23.1 Å². The van der Waals surface area contributed by atoms with Crippen LogP contribution >= 0.6 is 0 Å². The van der Waals surface area contributed by atoms with Crippen molar-refractivity contribution in [2.75, 3.05) is 18.9 Å². The first-order valence-electron chi connectivity index (χ1n) is 6.36. The van der Waals surface area contributed by atoms with Crippen LogP contribution in [-0.4, -0.2) is 19.3 Å². The third kappa shape index (κ3) is 2.14. The Morgan fingerprint density at radius 1 is 1.17 bits per heavy atom. The van der Waals surface area contributed by atoms with Gasteiger partial charge in [0.15, 0.2) is 0 Å². The number of hydrogen-bond donors (Lipinski definition) is 1. The van der Waals surface area contributed by atoms with Crippen molar-refractivity contribution in [3.8, 4) is 5.75 Å². The van der Waals surface area contributed by atoms with E-state index >= 15 is 0 Å². The Labute approximate surface area is 106 Å². The van der Waals surface area contributed by atoms with Gasteiger partial charge in [0.25, 0.3) is 0 Å². The number of benzene rings is 2. The fraction of sp³-hybridized carbons (Fsp3) is 0.333. The predicted molar refractivity (Wildman–Crippen MR) is 72.8 cm³/mol. The van der Waals surface area contributed by atoms with E-state index in [1.807, 2.05) is 36.4 Å². The van der Waals surface area contributed by atoms with Gasteiger partial charge >= 0.3 is 0 Å². The number of anilines is 1. The van der Waals surface area contributed by atoms with Crippen LogP contribution < -0.4 is 10.5 Å². The quantitative estimate of drug-likeness (QED) is 0.843. The molecule has 0 bridgehead atoms. The molecule has 1 saturated heterocycles. The summed E-state index contributed by atoms with van der Waals surface area (Å²) >= 11 is 0. The summed E-state index contributed by atoms with van der Waals surface area (Å²) in [6.45, 7) is 1.48. The molecular weight excluding hydrogens is 226 g/mol. The zero-order valence-electron chi connectivity index (χ0n) is 10.3. The third-order valence-electron chi connectivity index (χ3n) is 3.37. The van der Waals surface area contributed by atoms with E-state index in [0.29, 0.717) is 6.61 Å². The fourth-order valence-corrected chi connectivity index (χ4v) is 2.38. The van der Waals surface area contributed by atoms with Crippen LogP contribution in [0.5, 0.6) is 5.75 Å². The van der Waals surface area contributed by atoms with Crippen LogP contribution in [0.15, 0.2) is 36.4 Å². The molecule has 18 heavy (non-hydrogen) atoms. The molecule has 2 aromatic carbocycles. The first-order valence-corrected chi connectivity index (χ1v) is 6.36. The Kier molecular flexibility index (Phi) is 3.07. The highest BCUT2D eigenvalue weighted by Gasteiger charge is 2.16. The molecule has 1 fully saturated rings. The maximum atomic E-state index is 5.96. The molecule has 1 atom stereocenters. The van der Waals surface area contributed by atoms with Crippen molar-refractivity contribution < 1.29 is 9.47 Å². The number of nitrogens with two attached hydrogens (primary N) is 1. The van der Waals surface area contributed by atoms with Crippen LogP contribution in [0.4, 0.5) is 5.69 Å². The molecule has 3 heteroatoms. The average Bonchev–Trinajstić information content (AvgIpc) is 2.92. The lowest BCUT2D eigenvalue weighted by Gasteiger charge is -2.14. The van der Waals surface area contributed by atoms with Gasteiger partial charge in [-0.05, 0) is 25.0 Å². The van der Waals surface area contributed by atoms with E-state index in [-0.39, 0.29) is 6.10 Å². The first kappa shape index (κ1) is 11.4. The van der Waals surface area contributed by atoms with Crippen molar-refractivity contribution in [1.29, 1.82) is 0 Å². The van der Waals surface area contributed by atoms with E-state index in [4.69, 9.17) is 15.2 Å². The van der Waals surface area contributed by atoms with E-state index in [9.17, 15) is 0 Å². The van der Waals surface area contributed by atoms with Crippen molar-refractivity contribution >= 4 is 16.5 Å². The van der Waals surface area contributed by atoms with Crippen LogP contribution in [0.2, 0.25) is 0 Å². The monoisotopic (exact) mass is 243 g/mol. The van der Waals surface area contributed by atoms with Gasteiger partial charge in [-0.2, -0.15) is 0 Å². The summed E-state index contributed by atoms with van der Waals surface area (Å²) in [7, 11) is 0. The summed E-state index contributed by atoms with van der Waals surface area (Å²) in [5.74, 6) is 0.885. The van der Waals surface area contributed by atoms with Crippen LogP contribution in [0.3, 0.4) is 0 Å². The van der Waals surface area contributed by atoms with Gasteiger partial charge in [-0.1, -0.05) is 24.3 Å². The maximum absolute atomic E-state index is 5.96. The zero-order valence-corrected chi connectivity index (χ0v) is 10.3. The topological polar surface area (TPSA) is 44.5 Å². The normalized spacial score (nSPS) is 19.2. The van der Waals surface area contributed by atoms with Gasteiger partial charge in [-0.25, -0.2) is 0 Å². The number of nitrogen functional groups attached to an aromatic ring is 1. The predicted octanol–water partition coefficient (Wildman–Crippen LogP) is 2.98. The largest absolute Gasteiger partial charge is 0.490 e. The van der Waals surface area contributed by atoms with Gasteiger partial charge in [-0.15, -0.1) is 0 Å². The Morgan fingerprint density at radius 2 is 2.00 bits per heavy atom. The van der Waals surface area contributed by atoms with Crippen molar-refractivity contribution in [2.24, 2.45) is 0 Å². The highest BCUT2D eigenvalue weighted by atomic mass is 16.5. The standard InChI is InChI=1S/C15H17NO2/c16-14-7-8-15(13-6-2-1-5-12(13)14)18-10-11-4-3-9-17-11/h1-2,5-8,11H,3-4,9-10,16H2. The lowest BCUT2D eigenvalue weighted by molar-refractivity contribution is 0.0685. The minimum Gasteiger partial charge on any atom is -0.490 e. The molecule has 1 aliphatic heterocycles. The van der Waals surface area contributed by atoms with Crippen molar-refractivity contribution in [3.63, 3.8) is 0 Å². The van der Waals surface area contributed by atoms with E-state index in [0.717, 1.165) is 41.7 Å². The van der Waals surface area contributed by atoms with E-state index in [1.54, 1.807) is 0 Å². The third-order valence-corrected chi connectivity index (χ3v) is 3.37. The SMILES string of the molecule is Nc1ccc(OCC2CCCO2)c2ccccc12. The Morgan fingerprint density at radius 3 is 2.78 bits per heavy atom. The Balaban J connectivity index is 1.85. The Bertz CT molecular complexity index is 547. The second-order valence-corrected chi connectivity index (χ2v) is 4.64. The van der Waals surface area contributed by atoms with E-state index < -0.39 is 0 Å². The van der Waals surface area contributed by atoms with Crippen LogP contribution in [-0.2, 0) is 4.74 Å². The van der Waals surface area contributed by atoms with Crippen LogP contribution in [0, 0.1) is 0 Å². The van der Waals surface area contributed by atoms with Gasteiger partial charge in [0.05, 0.1) is 6.10 Å². The molecule has 3 rings (SSSR count). The summed E-state index contributed by atoms with van der Waals surface area (Å²) in [4.78, 5) is 0. The average molecular weight is 243 g/mol. The first-order chi connectivity index (χ1) is 8.84. The smallest absolute Gasteiger partial charge is 0.127 e. The summed E-state index contributed by atoms with van der Waals surface area (Å²) < 4.78 is 11.4. The summed E-state index contributed by atoms with van der Waals surface area (Å²) in [5.41, 5.74) is 6.75. The van der Waals surface area contributed by atoms with Gasteiger partial charge in [0.1, 0.15) is 12.4 Å². The lowest BCUT2D eigenvalue weighted by Crippen LogP contribution is -2.16. The van der Waals surface area contributed by atoms with Crippen molar-refractivity contribution in [3.05, 3.63) is 36.4 Å². The molecule has 0 amide bonds. The molecule has 0 aromatic heterocycles. The molecule has 1 heterocycles. The molecule has 1 unspecified atom stereocenters. The molecule has 1 aliphatic rings. The zero-order chi connectivity index (χ0) is 12.4. The molecule has 94 valence electrons. The number of ether oxygens (including phenoxy) is 2. The van der Waals surface area contributed by atoms with Crippen molar-refractivity contribution in [2.45, 2.75) is 18.9 Å². The number of hydrogen-bond acceptors (Lipinski definition) is 3. The van der Waals surface area contributed by atoms with Crippen molar-refractivity contribution in [1.82, 2.24) is 0 Å². The van der Waals surface area contributed by atoms with Gasteiger partial charge in [0.2, 0.25) is 0 Å². The van der Waals surface area contributed by atoms with Crippen LogP contribution in [0.25, 0.3) is 10.8 Å². The molecule has 0 spiro atoms. The molecule has 0 aliphatic carbocycles. The number of fused-ring (bicyclic) bond motifs is 1. The number of rotatable bonds is 3. The highest BCUT2D eigenvalue weighted by molar-refractivity contribution is 5.96. The van der Waals surface area contributed by atoms with Gasteiger partial charge in [-0.3, -0.25) is 0 Å². The summed E-state index contributed by atoms with van der Waals surface area (Å²) in [6.07, 6.45) is 2.46. The molecule has 0 saturated carbocycles. The minimum atomic E-state index is 0.237. The molecular formula is C15H17NO2. The second kappa shape index (κ2) is 4.86. The lowest BCUT2D eigenvalue weighted by atomic mass is 10.1. The van der Waals surface area contributed by atoms with Crippen LogP contribution in [0.1, 0.15) is 12.8 Å². The van der Waals surface area contributed by atoms with E-state index in [2.05, 4.69) is 0 Å². The molecule has 0 radical (unpaired) electrons. The van der Waals surface area contributed by atoms with E-state index in [1.165, 1.54) is 0 Å². The summed E-state index contributed by atoms with van der Waals surface area (Å²) in [6, 6.07) is 11.9. The second-order valence-electron chi connectivity index (χ2n) is 4.64. The maximum Gasteiger partial charge on any atom is 0.127 e. The Hall–Kier alpha value is -1.74. The van der Waals surface area contributed by atoms with Gasteiger partial charge < -0.3 is 15.2 Å². The highest BCUT2D eigenvalue weighted by Crippen LogP contribution is 2.30. The summed E-state index contributed by atoms with van der Waals surface area (Å²) in [5, 5.41) is 2.11.